The molecule has 23 heteroatoms. The van der Waals surface area contributed by atoms with E-state index in [1.54, 1.807) is 29.4 Å². The van der Waals surface area contributed by atoms with Crippen molar-refractivity contribution in [2.75, 3.05) is 86.4 Å². The van der Waals surface area contributed by atoms with Crippen LogP contribution in [0.25, 0.3) is 5.57 Å². The van der Waals surface area contributed by atoms with Crippen LogP contribution in [0.4, 0.5) is 40.6 Å². The molecule has 5 aliphatic heterocycles. The van der Waals surface area contributed by atoms with E-state index in [-0.39, 0.29) is 66.2 Å². The van der Waals surface area contributed by atoms with Gasteiger partial charge in [-0.25, -0.2) is 14.4 Å². The summed E-state index contributed by atoms with van der Waals surface area (Å²) in [4.78, 5) is 112. The zero-order valence-electron chi connectivity index (χ0n) is 40.4. The molecule has 384 valence electrons. The summed E-state index contributed by atoms with van der Waals surface area (Å²) < 4.78 is 58.2. The first kappa shape index (κ1) is 50.4. The van der Waals surface area contributed by atoms with E-state index in [0.29, 0.717) is 94.3 Å². The van der Waals surface area contributed by atoms with Crippen LogP contribution in [-0.4, -0.2) is 154 Å². The molecule has 0 spiro atoms. The monoisotopic (exact) mass is 1010 g/mol. The number of hydrogen-bond donors (Lipinski definition) is 4. The fraction of sp³-hybridized carbons (Fsp3) is 0.420. The predicted octanol–water partition coefficient (Wildman–Crippen LogP) is 3.95. The number of anilines is 4. The largest absolute Gasteiger partial charge is 0.417 e. The van der Waals surface area contributed by atoms with Crippen LogP contribution in [0.3, 0.4) is 0 Å². The van der Waals surface area contributed by atoms with Gasteiger partial charge in [0.1, 0.15) is 11.9 Å². The number of aromatic amines is 1. The number of imide groups is 2. The number of rotatable bonds is 12. The van der Waals surface area contributed by atoms with Crippen LogP contribution in [0.2, 0.25) is 0 Å². The second-order valence-corrected chi connectivity index (χ2v) is 19.0. The third kappa shape index (κ3) is 10.5. The Bertz CT molecular complexity index is 2950. The Labute approximate surface area is 416 Å². The molecule has 2 aromatic heterocycles. The Morgan fingerprint density at radius 3 is 2.26 bits per heavy atom. The van der Waals surface area contributed by atoms with Crippen LogP contribution in [0.1, 0.15) is 87.3 Å². The van der Waals surface area contributed by atoms with Gasteiger partial charge in [0.2, 0.25) is 29.2 Å². The van der Waals surface area contributed by atoms with E-state index in [1.165, 1.54) is 18.2 Å². The van der Waals surface area contributed by atoms with Crippen molar-refractivity contribution in [1.29, 1.82) is 0 Å². The normalized spacial score (nSPS) is 21.0. The number of amides is 6. The summed E-state index contributed by atoms with van der Waals surface area (Å²) in [6.45, 7) is 8.67. The highest BCUT2D eigenvalue weighted by molar-refractivity contribution is 6.25. The van der Waals surface area contributed by atoms with Gasteiger partial charge >= 0.3 is 6.18 Å². The molecular formula is C50H54F4N12O7. The molecule has 3 atom stereocenters. The topological polar surface area (TPSA) is 217 Å². The third-order valence-corrected chi connectivity index (χ3v) is 14.3. The Hall–Kier alpha value is -7.53. The van der Waals surface area contributed by atoms with Crippen molar-refractivity contribution in [3.8, 4) is 0 Å². The number of halogens is 4. The van der Waals surface area contributed by atoms with Gasteiger partial charge in [0.05, 0.1) is 33.6 Å². The van der Waals surface area contributed by atoms with Crippen molar-refractivity contribution in [2.24, 2.45) is 0 Å². The number of benzene rings is 2. The lowest BCUT2D eigenvalue weighted by Crippen LogP contribution is -2.55. The zero-order chi connectivity index (χ0) is 51.9. The minimum atomic E-state index is -4.98. The van der Waals surface area contributed by atoms with E-state index < -0.39 is 64.3 Å². The quantitative estimate of drug-likeness (QED) is 0.117. The second-order valence-electron chi connectivity index (χ2n) is 19.0. The maximum absolute atomic E-state index is 16.2. The zero-order valence-corrected chi connectivity index (χ0v) is 40.4. The summed E-state index contributed by atoms with van der Waals surface area (Å²) in [5, 5.41) is 7.93. The molecule has 0 bridgehead atoms. The summed E-state index contributed by atoms with van der Waals surface area (Å²) in [5.74, 6) is -3.67. The van der Waals surface area contributed by atoms with Crippen LogP contribution >= 0.6 is 0 Å². The molecule has 0 saturated carbocycles. The highest BCUT2D eigenvalue weighted by atomic mass is 19.4. The number of H-pyrrole nitrogens is 1. The molecule has 0 aliphatic carbocycles. The molecule has 4 N–H and O–H groups in total. The molecule has 5 aliphatic rings. The number of nitrogens with zero attached hydrogens (tertiary/aromatic N) is 8. The average Bonchev–Trinajstić information content (AvgIpc) is 3.62. The van der Waals surface area contributed by atoms with Crippen LogP contribution in [-0.2, 0) is 27.1 Å². The van der Waals surface area contributed by atoms with Gasteiger partial charge in [-0.3, -0.25) is 53.6 Å². The van der Waals surface area contributed by atoms with Crippen molar-refractivity contribution in [3.05, 3.63) is 111 Å². The van der Waals surface area contributed by atoms with Gasteiger partial charge in [0, 0.05) is 132 Å². The first-order valence-electron chi connectivity index (χ1n) is 24.1. The summed E-state index contributed by atoms with van der Waals surface area (Å²) in [6.07, 6.45) is 1.63. The average molecular weight is 1010 g/mol. The van der Waals surface area contributed by atoms with Crippen LogP contribution in [0, 0.1) is 5.82 Å². The lowest BCUT2D eigenvalue weighted by molar-refractivity contribution is -0.138. The van der Waals surface area contributed by atoms with Gasteiger partial charge in [0.25, 0.3) is 17.7 Å². The standard InChI is InChI=1S/C50H54F4N12O7/c1-28-25-65(26-29(2)61(28)3)40-21-36(51)33(19-38(40)59-45(70)34-24-56-42(68)20-35(34)50(52,53)54)31-10-13-64(14-11-31)49-57-22-30(23-58-49)27-62-15-17-63(18-16-62)43(69)9-12-55-37-6-4-5-32-44(37)48(73)66(47(32)72)39-7-8-41(67)60-46(39)71/h4-6,10,19-24,28-29,39,55H,7-9,11-18,25-27H2,1-3H3,(H,56,68)(H,59,70)(H,60,67,71)/t28-,29+,39?. The molecule has 9 rings (SSSR count). The number of likely N-dealkylation sites (N-methyl/N-ethyl adjacent to an activating group) is 1. The van der Waals surface area contributed by atoms with Crippen molar-refractivity contribution in [3.63, 3.8) is 0 Å². The predicted molar refractivity (Wildman–Crippen MR) is 260 cm³/mol. The molecule has 3 fully saturated rings. The van der Waals surface area contributed by atoms with Gasteiger partial charge < -0.3 is 30.3 Å². The summed E-state index contributed by atoms with van der Waals surface area (Å²) >= 11 is 0. The highest BCUT2D eigenvalue weighted by Crippen LogP contribution is 2.38. The number of pyridine rings is 1. The number of aromatic nitrogens is 3. The van der Waals surface area contributed by atoms with Crippen LogP contribution in [0.5, 0.6) is 0 Å². The van der Waals surface area contributed by atoms with E-state index in [1.807, 2.05) is 36.8 Å². The molecule has 7 heterocycles. The number of hydrogen-bond acceptors (Lipinski definition) is 14. The van der Waals surface area contributed by atoms with Gasteiger partial charge in [-0.2, -0.15) is 13.2 Å². The van der Waals surface area contributed by atoms with E-state index in [9.17, 15) is 46.7 Å². The Morgan fingerprint density at radius 1 is 0.863 bits per heavy atom. The Balaban J connectivity index is 0.787. The highest BCUT2D eigenvalue weighted by Gasteiger charge is 2.46. The number of carbonyl (C=O) groups excluding carboxylic acids is 6. The molecule has 3 saturated heterocycles. The van der Waals surface area contributed by atoms with E-state index in [2.05, 4.69) is 40.7 Å². The lowest BCUT2D eigenvalue weighted by atomic mass is 9.97. The van der Waals surface area contributed by atoms with Gasteiger partial charge in [-0.1, -0.05) is 12.1 Å². The number of piperazine rings is 2. The van der Waals surface area contributed by atoms with Gasteiger partial charge in [0.15, 0.2) is 0 Å². The maximum atomic E-state index is 16.2. The van der Waals surface area contributed by atoms with Crippen molar-refractivity contribution < 1.29 is 46.3 Å². The molecule has 19 nitrogen and oxygen atoms in total. The maximum Gasteiger partial charge on any atom is 0.417 e. The molecule has 4 aromatic rings. The van der Waals surface area contributed by atoms with E-state index in [4.69, 9.17) is 0 Å². The second kappa shape index (κ2) is 20.5. The Kier molecular flexibility index (Phi) is 14.2. The summed E-state index contributed by atoms with van der Waals surface area (Å²) in [5.41, 5.74) is -0.392. The molecule has 1 unspecified atom stereocenters. The number of piperidine rings is 1. The van der Waals surface area contributed by atoms with Crippen molar-refractivity contribution in [1.82, 2.24) is 39.9 Å². The van der Waals surface area contributed by atoms with Crippen LogP contribution in [0.15, 0.2) is 65.9 Å². The third-order valence-electron chi connectivity index (χ3n) is 14.3. The number of fused-ring (bicyclic) bond motifs is 1. The smallest absolute Gasteiger partial charge is 0.384 e. The number of carbonyl (C=O) groups is 6. The number of alkyl halides is 3. The fourth-order valence-electron chi connectivity index (χ4n) is 10.1. The molecule has 6 amide bonds. The van der Waals surface area contributed by atoms with Crippen LogP contribution < -0.4 is 31.3 Å². The SMILES string of the molecule is C[C@@H]1CN(c2cc(F)c(C3=CCN(c4ncc(CN5CCN(C(=O)CCNc6cccc7c6C(=O)N(C6CCC(=O)NC6=O)C7=O)CC5)cn4)CC3)cc2NC(=O)c2c[nH]c(=O)cc2C(F)(F)F)C[C@H](C)N1C. The minimum Gasteiger partial charge on any atom is -0.384 e. The van der Waals surface area contributed by atoms with Crippen molar-refractivity contribution >= 4 is 64.0 Å². The molecule has 2 aromatic carbocycles. The first-order chi connectivity index (χ1) is 34.8. The van der Waals surface area contributed by atoms with Gasteiger partial charge in [-0.05, 0) is 63.6 Å². The van der Waals surface area contributed by atoms with E-state index >= 15 is 4.39 Å². The summed E-state index contributed by atoms with van der Waals surface area (Å²) in [6, 6.07) is 6.89. The minimum absolute atomic E-state index is 0.0140. The lowest BCUT2D eigenvalue weighted by Gasteiger charge is -2.44. The molecule has 73 heavy (non-hydrogen) atoms. The molecular weight excluding hydrogens is 957 g/mol. The summed E-state index contributed by atoms with van der Waals surface area (Å²) in [7, 11) is 1.98. The van der Waals surface area contributed by atoms with Crippen molar-refractivity contribution in [2.45, 2.75) is 70.4 Å². The Morgan fingerprint density at radius 2 is 1.59 bits per heavy atom. The molecule has 0 radical (unpaired) electrons. The van der Waals surface area contributed by atoms with Gasteiger partial charge in [-0.15, -0.1) is 0 Å². The fourth-order valence-corrected chi connectivity index (χ4v) is 10.1. The van der Waals surface area contributed by atoms with E-state index in [0.717, 1.165) is 16.7 Å². The first-order valence-corrected chi connectivity index (χ1v) is 24.1. The number of nitrogens with one attached hydrogen (secondary N) is 4.